The Bertz CT molecular complexity index is 392. The van der Waals surface area contributed by atoms with Crippen molar-refractivity contribution in [3.8, 4) is 0 Å². The molecule has 0 saturated heterocycles. The van der Waals surface area contributed by atoms with E-state index in [-0.39, 0.29) is 23.9 Å². The first kappa shape index (κ1) is 33.5. The zero-order valence-corrected chi connectivity index (χ0v) is 19.1. The summed E-state index contributed by atoms with van der Waals surface area (Å²) in [5, 5.41) is 0. The predicted octanol–water partition coefficient (Wildman–Crippen LogP) is 3.69. The summed E-state index contributed by atoms with van der Waals surface area (Å²) in [5.41, 5.74) is 0. The third kappa shape index (κ3) is 64.9. The SMILES string of the molecule is CC(=O)OCCCC(C)C.CCCOC(C)=O.CCOC(C)=O.COC(C)=O. The van der Waals surface area contributed by atoms with Gasteiger partial charge in [-0.3, -0.25) is 19.2 Å². The lowest BCUT2D eigenvalue weighted by Gasteiger charge is -2.03. The lowest BCUT2D eigenvalue weighted by Crippen LogP contribution is -2.01. The van der Waals surface area contributed by atoms with Crippen LogP contribution in [0.25, 0.3) is 0 Å². The Labute approximate surface area is 170 Å². The molecule has 0 rings (SSSR count). The molecule has 28 heavy (non-hydrogen) atoms. The molecule has 0 radical (unpaired) electrons. The average Bonchev–Trinajstić information content (AvgIpc) is 2.58. The van der Waals surface area contributed by atoms with Crippen LogP contribution in [0.5, 0.6) is 0 Å². The van der Waals surface area contributed by atoms with Gasteiger partial charge < -0.3 is 18.9 Å². The van der Waals surface area contributed by atoms with Crippen molar-refractivity contribution in [1.82, 2.24) is 0 Å². The van der Waals surface area contributed by atoms with Gasteiger partial charge in [0.15, 0.2) is 0 Å². The largest absolute Gasteiger partial charge is 0.469 e. The Kier molecular flexibility index (Phi) is 32.4. The fraction of sp³-hybridized carbons (Fsp3) is 0.800. The number of rotatable bonds is 7. The van der Waals surface area contributed by atoms with Gasteiger partial charge in [-0.25, -0.2) is 0 Å². The van der Waals surface area contributed by atoms with Gasteiger partial charge in [-0.2, -0.15) is 0 Å². The Balaban J connectivity index is -0.000000142. The molecule has 0 aliphatic carbocycles. The first-order chi connectivity index (χ1) is 12.9. The van der Waals surface area contributed by atoms with Crippen molar-refractivity contribution in [2.45, 2.75) is 74.7 Å². The quantitative estimate of drug-likeness (QED) is 0.357. The number of ether oxygens (including phenoxy) is 4. The van der Waals surface area contributed by atoms with Gasteiger partial charge in [-0.15, -0.1) is 0 Å². The monoisotopic (exact) mass is 408 g/mol. The molecular formula is C20H40O8. The number of methoxy groups -OCH3 is 1. The van der Waals surface area contributed by atoms with Crippen LogP contribution in [0.4, 0.5) is 0 Å². The fourth-order valence-electron chi connectivity index (χ4n) is 1.16. The van der Waals surface area contributed by atoms with Gasteiger partial charge in [0.05, 0.1) is 26.9 Å². The van der Waals surface area contributed by atoms with E-state index >= 15 is 0 Å². The lowest BCUT2D eigenvalue weighted by atomic mass is 10.1. The predicted molar refractivity (Wildman–Crippen MR) is 108 cm³/mol. The maximum absolute atomic E-state index is 10.3. The molecule has 0 heterocycles. The molecule has 8 nitrogen and oxygen atoms in total. The minimum atomic E-state index is -0.245. The molecule has 0 saturated carbocycles. The molecule has 0 aliphatic rings. The lowest BCUT2D eigenvalue weighted by molar-refractivity contribution is -0.142. The van der Waals surface area contributed by atoms with E-state index in [9.17, 15) is 19.2 Å². The topological polar surface area (TPSA) is 105 Å². The van der Waals surface area contributed by atoms with Crippen LogP contribution in [0.1, 0.15) is 74.7 Å². The van der Waals surface area contributed by atoms with E-state index in [1.165, 1.54) is 34.8 Å². The van der Waals surface area contributed by atoms with Crippen LogP contribution in [0.15, 0.2) is 0 Å². The standard InChI is InChI=1S/C8H16O2.C5H10O2.C4H8O2.C3H6O2/c1-7(2)5-4-6-10-8(3)9;1-3-4-7-5(2)6;1-3-6-4(2)5;1-3(4)5-2/h7H,4-6H2,1-3H3;3-4H2,1-2H3;3H2,1-2H3;1-2H3. The Morgan fingerprint density at radius 2 is 1.11 bits per heavy atom. The summed E-state index contributed by atoms with van der Waals surface area (Å²) in [7, 11) is 1.35. The van der Waals surface area contributed by atoms with Crippen molar-refractivity contribution in [2.75, 3.05) is 26.9 Å². The summed E-state index contributed by atoms with van der Waals surface area (Å²) in [6, 6.07) is 0. The number of hydrogen-bond acceptors (Lipinski definition) is 8. The van der Waals surface area contributed by atoms with Crippen molar-refractivity contribution in [2.24, 2.45) is 5.92 Å². The zero-order valence-electron chi connectivity index (χ0n) is 19.1. The van der Waals surface area contributed by atoms with Gasteiger partial charge in [0.2, 0.25) is 0 Å². The first-order valence-corrected chi connectivity index (χ1v) is 9.38. The molecule has 0 atom stereocenters. The van der Waals surface area contributed by atoms with E-state index in [0.29, 0.717) is 25.7 Å². The molecule has 0 unspecified atom stereocenters. The summed E-state index contributed by atoms with van der Waals surface area (Å²) >= 11 is 0. The van der Waals surface area contributed by atoms with E-state index in [2.05, 4.69) is 28.1 Å². The summed E-state index contributed by atoms with van der Waals surface area (Å²) in [5.74, 6) is -0.122. The maximum Gasteiger partial charge on any atom is 0.302 e. The van der Waals surface area contributed by atoms with Crippen molar-refractivity contribution >= 4 is 23.9 Å². The van der Waals surface area contributed by atoms with Crippen LogP contribution >= 0.6 is 0 Å². The average molecular weight is 409 g/mol. The van der Waals surface area contributed by atoms with Crippen LogP contribution in [0.2, 0.25) is 0 Å². The highest BCUT2D eigenvalue weighted by molar-refractivity contribution is 5.66. The molecule has 0 fully saturated rings. The van der Waals surface area contributed by atoms with E-state index < -0.39 is 0 Å². The van der Waals surface area contributed by atoms with E-state index in [1.807, 2.05) is 6.92 Å². The summed E-state index contributed by atoms with van der Waals surface area (Å²) in [6.07, 6.45) is 3.02. The Morgan fingerprint density at radius 3 is 1.29 bits per heavy atom. The van der Waals surface area contributed by atoms with Crippen LogP contribution in [-0.4, -0.2) is 50.8 Å². The normalized spacial score (nSPS) is 8.50. The van der Waals surface area contributed by atoms with Crippen LogP contribution in [0.3, 0.4) is 0 Å². The second-order valence-electron chi connectivity index (χ2n) is 5.84. The van der Waals surface area contributed by atoms with Crippen molar-refractivity contribution in [1.29, 1.82) is 0 Å². The molecule has 8 heteroatoms. The van der Waals surface area contributed by atoms with Gasteiger partial charge >= 0.3 is 23.9 Å². The highest BCUT2D eigenvalue weighted by Crippen LogP contribution is 2.02. The van der Waals surface area contributed by atoms with Gasteiger partial charge in [0.1, 0.15) is 0 Å². The van der Waals surface area contributed by atoms with E-state index in [4.69, 9.17) is 4.74 Å². The summed E-state index contributed by atoms with van der Waals surface area (Å²) in [6.45, 7) is 15.3. The van der Waals surface area contributed by atoms with Gasteiger partial charge in [0.25, 0.3) is 0 Å². The minimum absolute atomic E-state index is 0.177. The molecular weight excluding hydrogens is 368 g/mol. The first-order valence-electron chi connectivity index (χ1n) is 9.38. The fourth-order valence-corrected chi connectivity index (χ4v) is 1.16. The Morgan fingerprint density at radius 1 is 0.714 bits per heavy atom. The molecule has 0 bridgehead atoms. The van der Waals surface area contributed by atoms with Crippen molar-refractivity contribution in [3.63, 3.8) is 0 Å². The number of carbonyl (C=O) groups excluding carboxylic acids is 4. The molecule has 0 aromatic carbocycles. The molecule has 0 amide bonds. The van der Waals surface area contributed by atoms with Gasteiger partial charge in [-0.05, 0) is 32.1 Å². The Hall–Kier alpha value is -2.12. The zero-order chi connectivity index (χ0) is 23.0. The third-order valence-corrected chi connectivity index (χ3v) is 2.38. The summed E-state index contributed by atoms with van der Waals surface area (Å²) < 4.78 is 17.8. The molecule has 168 valence electrons. The molecule has 0 aromatic rings. The third-order valence-electron chi connectivity index (χ3n) is 2.38. The van der Waals surface area contributed by atoms with E-state index in [1.54, 1.807) is 6.92 Å². The van der Waals surface area contributed by atoms with Crippen molar-refractivity contribution in [3.05, 3.63) is 0 Å². The van der Waals surface area contributed by atoms with Crippen molar-refractivity contribution < 1.29 is 38.1 Å². The molecule has 0 aliphatic heterocycles. The number of carbonyl (C=O) groups is 4. The number of esters is 4. The highest BCUT2D eigenvalue weighted by atomic mass is 16.5. The number of hydrogen-bond donors (Lipinski definition) is 0. The van der Waals surface area contributed by atoms with Crippen LogP contribution in [0, 0.1) is 5.92 Å². The molecule has 0 spiro atoms. The van der Waals surface area contributed by atoms with Crippen LogP contribution < -0.4 is 0 Å². The smallest absolute Gasteiger partial charge is 0.302 e. The van der Waals surface area contributed by atoms with Gasteiger partial charge in [0, 0.05) is 27.7 Å². The molecule has 0 aromatic heterocycles. The second-order valence-corrected chi connectivity index (χ2v) is 5.84. The summed E-state index contributed by atoms with van der Waals surface area (Å²) in [4.78, 5) is 39.7. The van der Waals surface area contributed by atoms with E-state index in [0.717, 1.165) is 19.3 Å². The maximum atomic E-state index is 10.3. The second kappa shape index (κ2) is 27.1. The molecule has 0 N–H and O–H groups in total. The van der Waals surface area contributed by atoms with Gasteiger partial charge in [-0.1, -0.05) is 20.8 Å². The minimum Gasteiger partial charge on any atom is -0.469 e. The van der Waals surface area contributed by atoms with Crippen LogP contribution in [-0.2, 0) is 38.1 Å². The highest BCUT2D eigenvalue weighted by Gasteiger charge is 1.95.